The molecule has 1 unspecified atom stereocenters. The highest BCUT2D eigenvalue weighted by molar-refractivity contribution is 5.89. The molecule has 2 aromatic carbocycles. The summed E-state index contributed by atoms with van der Waals surface area (Å²) in [6, 6.07) is 14.1. The number of H-pyrrole nitrogens is 1. The van der Waals surface area contributed by atoms with Crippen LogP contribution in [0.1, 0.15) is 36.6 Å². The smallest absolute Gasteiger partial charge is 0.227 e. The molecule has 3 N–H and O–H groups in total. The molecule has 1 amide bonds. The molecule has 0 saturated carbocycles. The minimum absolute atomic E-state index is 0.0434. The van der Waals surface area contributed by atoms with E-state index < -0.39 is 0 Å². The second-order valence-electron chi connectivity index (χ2n) is 8.17. The average molecular weight is 429 g/mol. The van der Waals surface area contributed by atoms with Crippen LogP contribution in [0.2, 0.25) is 0 Å². The van der Waals surface area contributed by atoms with E-state index in [4.69, 9.17) is 5.73 Å². The summed E-state index contributed by atoms with van der Waals surface area (Å²) in [6.07, 6.45) is 6.53. The number of aromatic amines is 1. The summed E-state index contributed by atoms with van der Waals surface area (Å²) in [5.41, 5.74) is 9.98. The first-order valence-electron chi connectivity index (χ1n) is 10.8. The molecule has 1 saturated heterocycles. The normalized spacial score (nSPS) is 16.4. The zero-order valence-electron chi connectivity index (χ0n) is 17.6. The monoisotopic (exact) mass is 429 g/mol. The van der Waals surface area contributed by atoms with Gasteiger partial charge >= 0.3 is 0 Å². The van der Waals surface area contributed by atoms with E-state index in [1.165, 1.54) is 12.1 Å². The highest BCUT2D eigenvalue weighted by Gasteiger charge is 2.31. The van der Waals surface area contributed by atoms with Gasteiger partial charge < -0.3 is 15.6 Å². The zero-order chi connectivity index (χ0) is 22.1. The molecule has 7 heteroatoms. The van der Waals surface area contributed by atoms with Crippen molar-refractivity contribution in [2.24, 2.45) is 0 Å². The van der Waals surface area contributed by atoms with E-state index >= 15 is 0 Å². The zero-order valence-corrected chi connectivity index (χ0v) is 17.6. The molecule has 3 heterocycles. The number of aromatic nitrogens is 3. The van der Waals surface area contributed by atoms with Crippen LogP contribution in [-0.4, -0.2) is 32.3 Å². The van der Waals surface area contributed by atoms with E-state index in [1.54, 1.807) is 12.3 Å². The van der Waals surface area contributed by atoms with Gasteiger partial charge in [0.05, 0.1) is 18.2 Å². The maximum atomic E-state index is 13.9. The fourth-order valence-electron chi connectivity index (χ4n) is 4.60. The molecule has 0 radical (unpaired) electrons. The lowest BCUT2D eigenvalue weighted by Gasteiger charge is -2.36. The Kier molecular flexibility index (Phi) is 5.31. The van der Waals surface area contributed by atoms with Crippen LogP contribution in [0, 0.1) is 5.82 Å². The molecule has 1 fully saturated rings. The number of likely N-dealkylation sites (tertiary alicyclic amines) is 1. The molecule has 6 nitrogen and oxygen atoms in total. The number of rotatable bonds is 4. The van der Waals surface area contributed by atoms with Crippen molar-refractivity contribution in [1.82, 2.24) is 19.9 Å². The van der Waals surface area contributed by atoms with Crippen LogP contribution in [0.4, 0.5) is 10.3 Å². The van der Waals surface area contributed by atoms with Gasteiger partial charge in [0.1, 0.15) is 5.82 Å². The summed E-state index contributed by atoms with van der Waals surface area (Å²) >= 11 is 0. The first-order valence-corrected chi connectivity index (χ1v) is 10.8. The van der Waals surface area contributed by atoms with Gasteiger partial charge in [-0.2, -0.15) is 0 Å². The molecule has 0 bridgehead atoms. The van der Waals surface area contributed by atoms with E-state index in [0.29, 0.717) is 29.8 Å². The topological polar surface area (TPSA) is 87.9 Å². The van der Waals surface area contributed by atoms with Gasteiger partial charge in [-0.25, -0.2) is 14.4 Å². The quantitative estimate of drug-likeness (QED) is 0.495. The largest absolute Gasteiger partial charge is 0.368 e. The highest BCUT2D eigenvalue weighted by atomic mass is 19.1. The Balaban J connectivity index is 1.50. The van der Waals surface area contributed by atoms with E-state index in [2.05, 4.69) is 15.0 Å². The lowest BCUT2D eigenvalue weighted by Crippen LogP contribution is -2.40. The van der Waals surface area contributed by atoms with E-state index in [0.717, 1.165) is 35.7 Å². The highest BCUT2D eigenvalue weighted by Crippen LogP contribution is 2.36. The van der Waals surface area contributed by atoms with Crippen molar-refractivity contribution in [2.45, 2.75) is 31.7 Å². The first kappa shape index (κ1) is 20.2. The maximum Gasteiger partial charge on any atom is 0.227 e. The number of piperidine rings is 1. The number of hydrogen-bond acceptors (Lipinski definition) is 4. The summed E-state index contributed by atoms with van der Waals surface area (Å²) in [5, 5.41) is 1.06. The number of anilines is 1. The van der Waals surface area contributed by atoms with Crippen molar-refractivity contribution < 1.29 is 9.18 Å². The second kappa shape index (κ2) is 8.42. The Hall–Kier alpha value is -3.74. The van der Waals surface area contributed by atoms with Gasteiger partial charge in [0.15, 0.2) is 0 Å². The number of para-hydroxylation sites is 1. The summed E-state index contributed by atoms with van der Waals surface area (Å²) < 4.78 is 13.9. The van der Waals surface area contributed by atoms with Gasteiger partial charge in [0.25, 0.3) is 0 Å². The third-order valence-electron chi connectivity index (χ3n) is 6.13. The lowest BCUT2D eigenvalue weighted by molar-refractivity contribution is -0.134. The molecular weight excluding hydrogens is 405 g/mol. The summed E-state index contributed by atoms with van der Waals surface area (Å²) in [7, 11) is 0. The first-order chi connectivity index (χ1) is 15.6. The molecule has 0 spiro atoms. The molecule has 162 valence electrons. The SMILES string of the molecule is Nc1ncc(-c2cccc(F)c2)c(C2CCCCN2C(=O)Cc2c[nH]c3ccccc23)n1. The van der Waals surface area contributed by atoms with Gasteiger partial charge in [-0.1, -0.05) is 30.3 Å². The van der Waals surface area contributed by atoms with Crippen molar-refractivity contribution in [3.8, 4) is 11.1 Å². The number of carbonyl (C=O) groups is 1. The van der Waals surface area contributed by atoms with Crippen molar-refractivity contribution in [1.29, 1.82) is 0 Å². The molecule has 4 aromatic rings. The predicted octanol–water partition coefficient (Wildman–Crippen LogP) is 4.64. The molecule has 32 heavy (non-hydrogen) atoms. The number of halogens is 1. The van der Waals surface area contributed by atoms with Crippen molar-refractivity contribution in [3.63, 3.8) is 0 Å². The minimum Gasteiger partial charge on any atom is -0.368 e. The Labute approximate surface area is 185 Å². The third-order valence-corrected chi connectivity index (χ3v) is 6.13. The number of nitrogen functional groups attached to an aromatic ring is 1. The Morgan fingerprint density at radius 3 is 2.94 bits per heavy atom. The molecule has 1 aliphatic rings. The molecular formula is C25H24FN5O. The molecule has 1 atom stereocenters. The number of hydrogen-bond donors (Lipinski definition) is 2. The summed E-state index contributed by atoms with van der Waals surface area (Å²) in [6.45, 7) is 0.651. The number of fused-ring (bicyclic) bond motifs is 1. The number of benzene rings is 2. The van der Waals surface area contributed by atoms with E-state index in [9.17, 15) is 9.18 Å². The Morgan fingerprint density at radius 1 is 1.19 bits per heavy atom. The van der Waals surface area contributed by atoms with E-state index in [-0.39, 0.29) is 23.7 Å². The van der Waals surface area contributed by atoms with Crippen LogP contribution in [-0.2, 0) is 11.2 Å². The van der Waals surface area contributed by atoms with Crippen LogP contribution in [0.5, 0.6) is 0 Å². The van der Waals surface area contributed by atoms with Gasteiger partial charge in [0.2, 0.25) is 11.9 Å². The maximum absolute atomic E-state index is 13.9. The molecule has 1 aliphatic heterocycles. The van der Waals surface area contributed by atoms with Crippen molar-refractivity contribution >= 4 is 22.8 Å². The summed E-state index contributed by atoms with van der Waals surface area (Å²) in [5.74, 6) is -0.141. The van der Waals surface area contributed by atoms with Gasteiger partial charge in [-0.3, -0.25) is 4.79 Å². The number of amides is 1. The van der Waals surface area contributed by atoms with Gasteiger partial charge in [-0.15, -0.1) is 0 Å². The van der Waals surface area contributed by atoms with Gasteiger partial charge in [0, 0.05) is 35.4 Å². The van der Waals surface area contributed by atoms with E-state index in [1.807, 2.05) is 41.4 Å². The van der Waals surface area contributed by atoms with Crippen LogP contribution >= 0.6 is 0 Å². The molecule has 0 aliphatic carbocycles. The predicted molar refractivity (Wildman–Crippen MR) is 122 cm³/mol. The number of carbonyl (C=O) groups excluding carboxylic acids is 1. The number of nitrogens with zero attached hydrogens (tertiary/aromatic N) is 3. The lowest BCUT2D eigenvalue weighted by atomic mass is 9.93. The second-order valence-corrected chi connectivity index (χ2v) is 8.17. The van der Waals surface area contributed by atoms with Crippen LogP contribution < -0.4 is 5.73 Å². The fourth-order valence-corrected chi connectivity index (χ4v) is 4.60. The number of nitrogens with two attached hydrogens (primary N) is 1. The fraction of sp³-hybridized carbons (Fsp3) is 0.240. The summed E-state index contributed by atoms with van der Waals surface area (Å²) in [4.78, 5) is 27.3. The number of nitrogens with one attached hydrogen (secondary N) is 1. The van der Waals surface area contributed by atoms with Crippen LogP contribution in [0.15, 0.2) is 60.9 Å². The minimum atomic E-state index is -0.332. The average Bonchev–Trinajstić information content (AvgIpc) is 3.22. The van der Waals surface area contributed by atoms with Crippen molar-refractivity contribution in [3.05, 3.63) is 78.0 Å². The van der Waals surface area contributed by atoms with Crippen LogP contribution in [0.3, 0.4) is 0 Å². The molecule has 5 rings (SSSR count). The van der Waals surface area contributed by atoms with Gasteiger partial charge in [-0.05, 0) is 48.6 Å². The third kappa shape index (κ3) is 3.82. The van der Waals surface area contributed by atoms with Crippen molar-refractivity contribution in [2.75, 3.05) is 12.3 Å². The van der Waals surface area contributed by atoms with Crippen LogP contribution in [0.25, 0.3) is 22.0 Å². The Morgan fingerprint density at radius 2 is 2.06 bits per heavy atom. The Bertz CT molecular complexity index is 1280. The standard InChI is InChI=1S/C25H24FN5O/c26-18-7-5-6-16(12-18)20-15-29-25(27)30-24(20)22-10-3-4-11-31(22)23(32)13-17-14-28-21-9-2-1-8-19(17)21/h1-2,5-9,12,14-15,22,28H,3-4,10-11,13H2,(H2,27,29,30). The molecule has 2 aromatic heterocycles.